The third-order valence-electron chi connectivity index (χ3n) is 4.71. The number of hydrogen-bond donors (Lipinski definition) is 3. The number of nitrogens with one attached hydrogen (secondary N) is 2. The normalized spacial score (nSPS) is 10.6. The van der Waals surface area contributed by atoms with E-state index < -0.39 is 0 Å². The first kappa shape index (κ1) is 19.1. The Morgan fingerprint density at radius 3 is 2.70 bits per heavy atom. The highest BCUT2D eigenvalue weighted by molar-refractivity contribution is 5.97. The second-order valence-electron chi connectivity index (χ2n) is 6.52. The summed E-state index contributed by atoms with van der Waals surface area (Å²) in [6.45, 7) is 2.68. The van der Waals surface area contributed by atoms with Crippen LogP contribution in [0.5, 0.6) is 0 Å². The summed E-state index contributed by atoms with van der Waals surface area (Å²) in [7, 11) is 0. The summed E-state index contributed by atoms with van der Waals surface area (Å²) in [6, 6.07) is 17.6. The molecule has 0 atom stereocenters. The molecular weight excluding hydrogens is 378 g/mol. The highest BCUT2D eigenvalue weighted by Crippen LogP contribution is 2.35. The fraction of sp³-hybridized carbons (Fsp3) is 0.0909. The average Bonchev–Trinajstić information content (AvgIpc) is 2.80. The topological polar surface area (TPSA) is 109 Å². The molecule has 0 radical (unpaired) electrons. The lowest BCUT2D eigenvalue weighted by molar-refractivity contribution is 0.0962. The molecule has 2 aromatic heterocycles. The van der Waals surface area contributed by atoms with Crippen LogP contribution in [0.3, 0.4) is 0 Å². The number of amides is 1. The number of hydrogen-bond acceptors (Lipinski definition) is 7. The van der Waals surface area contributed by atoms with E-state index in [4.69, 9.17) is 5.73 Å². The maximum atomic E-state index is 12.3. The second-order valence-corrected chi connectivity index (χ2v) is 6.52. The third kappa shape index (κ3) is 3.70. The van der Waals surface area contributed by atoms with Gasteiger partial charge in [-0.1, -0.05) is 36.4 Å². The van der Waals surface area contributed by atoms with Crippen molar-refractivity contribution in [3.8, 4) is 0 Å². The van der Waals surface area contributed by atoms with Gasteiger partial charge in [0.05, 0.1) is 11.3 Å². The zero-order valence-corrected chi connectivity index (χ0v) is 16.4. The first-order valence-corrected chi connectivity index (χ1v) is 9.51. The lowest BCUT2D eigenvalue weighted by Gasteiger charge is -2.25. The highest BCUT2D eigenvalue weighted by Gasteiger charge is 2.18. The molecule has 0 saturated carbocycles. The number of nitrogens with two attached hydrogens (primary N) is 1. The van der Waals surface area contributed by atoms with Crippen LogP contribution in [0.1, 0.15) is 17.3 Å². The van der Waals surface area contributed by atoms with E-state index in [0.29, 0.717) is 29.4 Å². The van der Waals surface area contributed by atoms with E-state index in [0.717, 1.165) is 16.5 Å². The van der Waals surface area contributed by atoms with E-state index in [-0.39, 0.29) is 5.91 Å². The van der Waals surface area contributed by atoms with Gasteiger partial charge >= 0.3 is 0 Å². The average molecular weight is 399 g/mol. The second kappa shape index (κ2) is 8.44. The summed E-state index contributed by atoms with van der Waals surface area (Å²) >= 11 is 0. The summed E-state index contributed by atoms with van der Waals surface area (Å²) in [5, 5.41) is 2.22. The minimum absolute atomic E-state index is 0.316. The van der Waals surface area contributed by atoms with Gasteiger partial charge in [0, 0.05) is 24.3 Å². The molecular formula is C22H21N7O. The van der Waals surface area contributed by atoms with E-state index in [9.17, 15) is 4.79 Å². The largest absolute Gasteiger partial charge is 0.393 e. The summed E-state index contributed by atoms with van der Waals surface area (Å²) in [6.07, 6.45) is 4.49. The first-order valence-electron chi connectivity index (χ1n) is 9.51. The molecule has 1 amide bonds. The van der Waals surface area contributed by atoms with Crippen molar-refractivity contribution in [3.63, 3.8) is 0 Å². The van der Waals surface area contributed by atoms with E-state index in [1.54, 1.807) is 18.3 Å². The van der Waals surface area contributed by atoms with E-state index in [1.165, 1.54) is 12.5 Å². The van der Waals surface area contributed by atoms with Crippen LogP contribution in [-0.2, 0) is 0 Å². The van der Waals surface area contributed by atoms with Crippen LogP contribution in [0, 0.1) is 0 Å². The Hall–Kier alpha value is -4.20. The van der Waals surface area contributed by atoms with E-state index in [1.807, 2.05) is 36.1 Å². The van der Waals surface area contributed by atoms with Crippen LogP contribution in [0.15, 0.2) is 73.3 Å². The van der Waals surface area contributed by atoms with Crippen molar-refractivity contribution in [1.29, 1.82) is 0 Å². The Bertz CT molecular complexity index is 1180. The fourth-order valence-corrected chi connectivity index (χ4v) is 3.26. The van der Waals surface area contributed by atoms with Crippen LogP contribution in [0.2, 0.25) is 0 Å². The fourth-order valence-electron chi connectivity index (χ4n) is 3.26. The number of hydrazine groups is 1. The SMILES string of the molecule is CCN(c1ncnc(NNC(=O)c2cccnc2)c1N)c1cccc2ccccc12. The van der Waals surface area contributed by atoms with Crippen molar-refractivity contribution in [2.45, 2.75) is 6.92 Å². The van der Waals surface area contributed by atoms with Gasteiger partial charge < -0.3 is 10.6 Å². The number of carbonyl (C=O) groups excluding carboxylic acids is 1. The quantitative estimate of drug-likeness (QED) is 0.426. The Kier molecular flexibility index (Phi) is 5.38. The maximum absolute atomic E-state index is 12.3. The van der Waals surface area contributed by atoms with Gasteiger partial charge in [-0.15, -0.1) is 0 Å². The molecule has 0 aliphatic heterocycles. The number of fused-ring (bicyclic) bond motifs is 1. The molecule has 8 nitrogen and oxygen atoms in total. The van der Waals surface area contributed by atoms with Crippen LogP contribution in [0.25, 0.3) is 10.8 Å². The van der Waals surface area contributed by atoms with Crippen LogP contribution < -0.4 is 21.5 Å². The van der Waals surface area contributed by atoms with Gasteiger partial charge in [0.1, 0.15) is 12.0 Å². The molecule has 30 heavy (non-hydrogen) atoms. The molecule has 4 aromatic rings. The van der Waals surface area contributed by atoms with Crippen LogP contribution in [0.4, 0.5) is 23.0 Å². The first-order chi connectivity index (χ1) is 14.7. The zero-order chi connectivity index (χ0) is 20.9. The monoisotopic (exact) mass is 399 g/mol. The molecule has 0 aliphatic rings. The Labute approximate surface area is 173 Å². The van der Waals surface area contributed by atoms with Crippen molar-refractivity contribution < 1.29 is 4.79 Å². The lowest BCUT2D eigenvalue weighted by atomic mass is 10.1. The summed E-state index contributed by atoms with van der Waals surface area (Å²) < 4.78 is 0. The van der Waals surface area contributed by atoms with Gasteiger partial charge in [0.15, 0.2) is 11.6 Å². The van der Waals surface area contributed by atoms with Crippen molar-refractivity contribution in [2.24, 2.45) is 0 Å². The highest BCUT2D eigenvalue weighted by atomic mass is 16.2. The number of nitrogens with zero attached hydrogens (tertiary/aromatic N) is 4. The van der Waals surface area contributed by atoms with Crippen molar-refractivity contribution >= 4 is 39.7 Å². The van der Waals surface area contributed by atoms with Gasteiger partial charge in [0.2, 0.25) is 0 Å². The van der Waals surface area contributed by atoms with E-state index in [2.05, 4.69) is 44.0 Å². The maximum Gasteiger partial charge on any atom is 0.271 e. The molecule has 4 rings (SSSR count). The molecule has 0 unspecified atom stereocenters. The summed E-state index contributed by atoms with van der Waals surface area (Å²) in [4.78, 5) is 26.8. The van der Waals surface area contributed by atoms with Gasteiger partial charge in [-0.3, -0.25) is 20.6 Å². The Morgan fingerprint density at radius 2 is 1.90 bits per heavy atom. The molecule has 2 heterocycles. The predicted molar refractivity (Wildman–Crippen MR) is 118 cm³/mol. The number of benzene rings is 2. The lowest BCUT2D eigenvalue weighted by Crippen LogP contribution is -2.31. The van der Waals surface area contributed by atoms with Gasteiger partial charge in [0.25, 0.3) is 5.91 Å². The van der Waals surface area contributed by atoms with Crippen LogP contribution >= 0.6 is 0 Å². The van der Waals surface area contributed by atoms with Gasteiger partial charge in [-0.05, 0) is 30.5 Å². The van der Waals surface area contributed by atoms with Gasteiger partial charge in [-0.2, -0.15) is 0 Å². The molecule has 0 aliphatic carbocycles. The molecule has 0 saturated heterocycles. The Morgan fingerprint density at radius 1 is 1.07 bits per heavy atom. The minimum Gasteiger partial charge on any atom is -0.393 e. The standard InChI is InChI=1S/C22H21N7O/c1-2-29(18-11-5-8-15-7-3-4-10-17(15)18)21-19(23)20(25-14-26-21)27-28-22(30)16-9-6-12-24-13-16/h3-14H,2,23H2,1H3,(H,28,30)(H,25,26,27). The summed E-state index contributed by atoms with van der Waals surface area (Å²) in [5.41, 5.74) is 13.5. The number of rotatable bonds is 6. The van der Waals surface area contributed by atoms with Crippen molar-refractivity contribution in [1.82, 2.24) is 20.4 Å². The molecule has 150 valence electrons. The van der Waals surface area contributed by atoms with E-state index >= 15 is 0 Å². The zero-order valence-electron chi connectivity index (χ0n) is 16.4. The number of aromatic nitrogens is 3. The number of pyridine rings is 1. The Balaban J connectivity index is 1.63. The predicted octanol–water partition coefficient (Wildman–Crippen LogP) is 3.52. The third-order valence-corrected chi connectivity index (χ3v) is 4.71. The minimum atomic E-state index is -0.343. The smallest absolute Gasteiger partial charge is 0.271 e. The molecule has 0 spiro atoms. The van der Waals surface area contributed by atoms with Crippen molar-refractivity contribution in [2.75, 3.05) is 22.6 Å². The number of nitrogen functional groups attached to an aromatic ring is 1. The molecule has 4 N–H and O–H groups in total. The molecule has 0 fully saturated rings. The van der Waals surface area contributed by atoms with Crippen LogP contribution in [-0.4, -0.2) is 27.4 Å². The number of carbonyl (C=O) groups is 1. The van der Waals surface area contributed by atoms with Crippen molar-refractivity contribution in [3.05, 3.63) is 78.9 Å². The molecule has 0 bridgehead atoms. The molecule has 8 heteroatoms. The van der Waals surface area contributed by atoms with Gasteiger partial charge in [-0.25, -0.2) is 9.97 Å². The summed E-state index contributed by atoms with van der Waals surface area (Å²) in [5.74, 6) is 0.530. The number of anilines is 4. The molecule has 2 aromatic carbocycles.